The SMILES string of the molecule is CC1(c2nc3ccccc3[nH]2)CCCCCCCCCCC1. The summed E-state index contributed by atoms with van der Waals surface area (Å²) in [5.74, 6) is 1.21. The lowest BCUT2D eigenvalue weighted by molar-refractivity contribution is 0.342. The lowest BCUT2D eigenvalue weighted by Crippen LogP contribution is -2.24. The predicted octanol–water partition coefficient (Wildman–Crippen LogP) is 6.13. The monoisotopic (exact) mass is 298 g/mol. The van der Waals surface area contributed by atoms with E-state index in [1.54, 1.807) is 0 Å². The molecule has 0 aliphatic heterocycles. The molecule has 1 fully saturated rings. The number of aromatic nitrogens is 2. The second-order valence-electron chi connectivity index (χ2n) is 7.35. The smallest absolute Gasteiger partial charge is 0.113 e. The van der Waals surface area contributed by atoms with Crippen LogP contribution in [0.3, 0.4) is 0 Å². The van der Waals surface area contributed by atoms with Crippen LogP contribution in [0.5, 0.6) is 0 Å². The molecular formula is C20H30N2. The van der Waals surface area contributed by atoms with Gasteiger partial charge in [0.25, 0.3) is 0 Å². The highest BCUT2D eigenvalue weighted by molar-refractivity contribution is 5.74. The van der Waals surface area contributed by atoms with Gasteiger partial charge in [0.05, 0.1) is 11.0 Å². The Morgan fingerprint density at radius 2 is 1.36 bits per heavy atom. The van der Waals surface area contributed by atoms with E-state index in [2.05, 4.69) is 36.2 Å². The number of fused-ring (bicyclic) bond motifs is 1. The van der Waals surface area contributed by atoms with E-state index in [0.717, 1.165) is 5.52 Å². The van der Waals surface area contributed by atoms with Gasteiger partial charge in [-0.2, -0.15) is 0 Å². The molecule has 0 radical (unpaired) electrons. The first-order chi connectivity index (χ1) is 10.8. The fraction of sp³-hybridized carbons (Fsp3) is 0.650. The highest BCUT2D eigenvalue weighted by Gasteiger charge is 2.29. The van der Waals surface area contributed by atoms with Crippen molar-refractivity contribution < 1.29 is 0 Å². The minimum absolute atomic E-state index is 0.220. The van der Waals surface area contributed by atoms with Crippen molar-refractivity contribution in [1.29, 1.82) is 0 Å². The molecule has 1 aliphatic carbocycles. The Hall–Kier alpha value is -1.31. The summed E-state index contributed by atoms with van der Waals surface area (Å²) in [4.78, 5) is 8.53. The Kier molecular flexibility index (Phi) is 5.17. The highest BCUT2D eigenvalue weighted by atomic mass is 14.9. The molecule has 1 N–H and O–H groups in total. The molecular weight excluding hydrogens is 268 g/mol. The molecule has 2 aromatic rings. The highest BCUT2D eigenvalue weighted by Crippen LogP contribution is 2.35. The van der Waals surface area contributed by atoms with E-state index < -0.39 is 0 Å². The normalized spacial score (nSPS) is 21.1. The molecule has 1 saturated carbocycles. The van der Waals surface area contributed by atoms with Crippen molar-refractivity contribution in [3.05, 3.63) is 30.1 Å². The largest absolute Gasteiger partial charge is 0.342 e. The molecule has 0 saturated heterocycles. The van der Waals surface area contributed by atoms with Crippen LogP contribution in [0.2, 0.25) is 0 Å². The van der Waals surface area contributed by atoms with Gasteiger partial charge in [0.1, 0.15) is 5.82 Å². The molecule has 3 rings (SSSR count). The number of hydrogen-bond donors (Lipinski definition) is 1. The Labute approximate surface area is 134 Å². The third-order valence-electron chi connectivity index (χ3n) is 5.42. The van der Waals surface area contributed by atoms with Crippen molar-refractivity contribution in [2.75, 3.05) is 0 Å². The van der Waals surface area contributed by atoms with E-state index in [4.69, 9.17) is 4.98 Å². The fourth-order valence-electron chi connectivity index (χ4n) is 3.87. The maximum Gasteiger partial charge on any atom is 0.113 e. The molecule has 1 heterocycles. The van der Waals surface area contributed by atoms with Crippen molar-refractivity contribution in [2.45, 2.75) is 83.0 Å². The van der Waals surface area contributed by atoms with Gasteiger partial charge < -0.3 is 4.98 Å². The Bertz CT molecular complexity index is 539. The molecule has 0 bridgehead atoms. The summed E-state index contributed by atoms with van der Waals surface area (Å²) in [6, 6.07) is 8.43. The topological polar surface area (TPSA) is 28.7 Å². The van der Waals surface area contributed by atoms with Crippen LogP contribution >= 0.6 is 0 Å². The molecule has 1 aromatic carbocycles. The maximum absolute atomic E-state index is 4.92. The summed E-state index contributed by atoms with van der Waals surface area (Å²) in [5, 5.41) is 0. The van der Waals surface area contributed by atoms with Gasteiger partial charge in [-0.15, -0.1) is 0 Å². The summed E-state index contributed by atoms with van der Waals surface area (Å²) in [6.45, 7) is 2.43. The first kappa shape index (κ1) is 15.6. The lowest BCUT2D eigenvalue weighted by Gasteiger charge is -2.28. The lowest BCUT2D eigenvalue weighted by atomic mass is 9.78. The van der Waals surface area contributed by atoms with E-state index in [9.17, 15) is 0 Å². The van der Waals surface area contributed by atoms with E-state index in [-0.39, 0.29) is 5.41 Å². The second-order valence-corrected chi connectivity index (χ2v) is 7.35. The number of para-hydroxylation sites is 2. The van der Waals surface area contributed by atoms with Gasteiger partial charge >= 0.3 is 0 Å². The molecule has 0 spiro atoms. The number of nitrogens with one attached hydrogen (secondary N) is 1. The number of rotatable bonds is 1. The third-order valence-corrected chi connectivity index (χ3v) is 5.42. The van der Waals surface area contributed by atoms with Crippen molar-refractivity contribution in [2.24, 2.45) is 0 Å². The van der Waals surface area contributed by atoms with E-state index in [0.29, 0.717) is 0 Å². The average Bonchev–Trinajstić information content (AvgIpc) is 2.96. The Morgan fingerprint density at radius 1 is 0.818 bits per heavy atom. The molecule has 2 heteroatoms. The van der Waals surface area contributed by atoms with E-state index in [1.807, 2.05) is 0 Å². The third kappa shape index (κ3) is 3.71. The standard InChI is InChI=1S/C20H30N2/c1-20(19-21-17-13-9-10-14-18(17)22-19)15-11-7-5-3-2-4-6-8-12-16-20/h9-10,13-14H,2-8,11-12,15-16H2,1H3,(H,21,22). The first-order valence-corrected chi connectivity index (χ1v) is 9.23. The van der Waals surface area contributed by atoms with Gasteiger partial charge in [-0.05, 0) is 25.0 Å². The van der Waals surface area contributed by atoms with Crippen molar-refractivity contribution >= 4 is 11.0 Å². The summed E-state index contributed by atoms with van der Waals surface area (Å²) < 4.78 is 0. The average molecular weight is 298 g/mol. The Balaban J connectivity index is 1.78. The van der Waals surface area contributed by atoms with Gasteiger partial charge in [-0.1, -0.05) is 76.8 Å². The zero-order valence-electron chi connectivity index (χ0n) is 14.0. The zero-order valence-corrected chi connectivity index (χ0v) is 14.0. The number of hydrogen-bond acceptors (Lipinski definition) is 1. The molecule has 0 unspecified atom stereocenters. The van der Waals surface area contributed by atoms with E-state index in [1.165, 1.54) is 82.0 Å². The predicted molar refractivity (Wildman–Crippen MR) is 94.2 cm³/mol. The van der Waals surface area contributed by atoms with Crippen molar-refractivity contribution in [3.8, 4) is 0 Å². The van der Waals surface area contributed by atoms with Crippen LogP contribution in [0.4, 0.5) is 0 Å². The molecule has 120 valence electrons. The maximum atomic E-state index is 4.92. The van der Waals surface area contributed by atoms with Crippen LogP contribution < -0.4 is 0 Å². The zero-order chi connectivity index (χ0) is 15.3. The van der Waals surface area contributed by atoms with Crippen molar-refractivity contribution in [1.82, 2.24) is 9.97 Å². The number of H-pyrrole nitrogens is 1. The fourth-order valence-corrected chi connectivity index (χ4v) is 3.87. The van der Waals surface area contributed by atoms with Crippen LogP contribution in [0.25, 0.3) is 11.0 Å². The van der Waals surface area contributed by atoms with Crippen LogP contribution in [0, 0.1) is 0 Å². The molecule has 0 amide bonds. The second kappa shape index (κ2) is 7.30. The molecule has 1 aromatic heterocycles. The van der Waals surface area contributed by atoms with Gasteiger partial charge in [0.2, 0.25) is 0 Å². The van der Waals surface area contributed by atoms with E-state index >= 15 is 0 Å². The molecule has 22 heavy (non-hydrogen) atoms. The van der Waals surface area contributed by atoms with Gasteiger partial charge in [0, 0.05) is 5.41 Å². The van der Waals surface area contributed by atoms with Crippen LogP contribution in [-0.4, -0.2) is 9.97 Å². The minimum Gasteiger partial charge on any atom is -0.342 e. The van der Waals surface area contributed by atoms with Crippen LogP contribution in [-0.2, 0) is 5.41 Å². The first-order valence-electron chi connectivity index (χ1n) is 9.23. The summed E-state index contributed by atoms with van der Waals surface area (Å²) in [7, 11) is 0. The van der Waals surface area contributed by atoms with Gasteiger partial charge in [0.15, 0.2) is 0 Å². The quantitative estimate of drug-likeness (QED) is 0.674. The summed E-state index contributed by atoms with van der Waals surface area (Å²) in [6.07, 6.45) is 15.1. The number of nitrogens with zero attached hydrogens (tertiary/aromatic N) is 1. The Morgan fingerprint density at radius 3 is 1.95 bits per heavy atom. The number of imidazole rings is 1. The minimum atomic E-state index is 0.220. The van der Waals surface area contributed by atoms with Crippen molar-refractivity contribution in [3.63, 3.8) is 0 Å². The van der Waals surface area contributed by atoms with Gasteiger partial charge in [-0.25, -0.2) is 4.98 Å². The van der Waals surface area contributed by atoms with Crippen LogP contribution in [0.1, 0.15) is 83.4 Å². The molecule has 1 aliphatic rings. The molecule has 2 nitrogen and oxygen atoms in total. The number of benzene rings is 1. The van der Waals surface area contributed by atoms with Crippen LogP contribution in [0.15, 0.2) is 24.3 Å². The summed E-state index contributed by atoms with van der Waals surface area (Å²) in [5.41, 5.74) is 2.52. The summed E-state index contributed by atoms with van der Waals surface area (Å²) >= 11 is 0. The van der Waals surface area contributed by atoms with Gasteiger partial charge in [-0.3, -0.25) is 0 Å². The molecule has 0 atom stereocenters. The number of aromatic amines is 1.